The Morgan fingerprint density at radius 3 is 2.83 bits per heavy atom. The van der Waals surface area contributed by atoms with E-state index in [-0.39, 0.29) is 12.6 Å². The van der Waals surface area contributed by atoms with Crippen molar-refractivity contribution in [2.24, 2.45) is 0 Å². The summed E-state index contributed by atoms with van der Waals surface area (Å²) in [4.78, 5) is 0. The lowest BCUT2D eigenvalue weighted by atomic mass is 9.96. The van der Waals surface area contributed by atoms with Gasteiger partial charge in [0, 0.05) is 12.6 Å². The number of aliphatic hydroxyl groups excluding tert-OH is 1. The molecule has 64 valence electrons. The van der Waals surface area contributed by atoms with Crippen molar-refractivity contribution in [2.45, 2.75) is 19.0 Å². The van der Waals surface area contributed by atoms with Crippen LogP contribution < -0.4 is 5.32 Å². The van der Waals surface area contributed by atoms with Crippen LogP contribution >= 0.6 is 0 Å². The highest BCUT2D eigenvalue weighted by molar-refractivity contribution is 5.29. The van der Waals surface area contributed by atoms with E-state index in [2.05, 4.69) is 29.6 Å². The summed E-state index contributed by atoms with van der Waals surface area (Å²) in [7, 11) is 0. The van der Waals surface area contributed by atoms with Gasteiger partial charge in [-0.1, -0.05) is 24.3 Å². The molecule has 2 heteroatoms. The van der Waals surface area contributed by atoms with Crippen LogP contribution in [0.2, 0.25) is 0 Å². The van der Waals surface area contributed by atoms with Crippen molar-refractivity contribution in [3.8, 4) is 0 Å². The molecule has 0 unspecified atom stereocenters. The topological polar surface area (TPSA) is 32.3 Å². The SMILES string of the molecule is OC[C@@H]1Cc2ccccc2CN1. The van der Waals surface area contributed by atoms with Crippen LogP contribution in [0.5, 0.6) is 0 Å². The molecule has 1 atom stereocenters. The van der Waals surface area contributed by atoms with Gasteiger partial charge in [-0.3, -0.25) is 0 Å². The molecule has 0 bridgehead atoms. The fraction of sp³-hybridized carbons (Fsp3) is 0.400. The Hall–Kier alpha value is -0.860. The second-order valence-electron chi connectivity index (χ2n) is 3.23. The molecule has 2 rings (SSSR count). The van der Waals surface area contributed by atoms with Crippen molar-refractivity contribution in [1.29, 1.82) is 0 Å². The van der Waals surface area contributed by atoms with Gasteiger partial charge in [0.15, 0.2) is 0 Å². The van der Waals surface area contributed by atoms with Crippen LogP contribution in [0.15, 0.2) is 24.3 Å². The molecule has 0 radical (unpaired) electrons. The van der Waals surface area contributed by atoms with E-state index < -0.39 is 0 Å². The summed E-state index contributed by atoms with van der Waals surface area (Å²) >= 11 is 0. The van der Waals surface area contributed by atoms with Crippen molar-refractivity contribution < 1.29 is 5.11 Å². The van der Waals surface area contributed by atoms with Crippen LogP contribution in [-0.4, -0.2) is 17.8 Å². The standard InChI is InChI=1S/C10H13NO/c12-7-10-5-8-3-1-2-4-9(8)6-11-10/h1-4,10-12H,5-7H2/t10-/m0/s1. The van der Waals surface area contributed by atoms with E-state index in [0.717, 1.165) is 13.0 Å². The maximum Gasteiger partial charge on any atom is 0.0587 e. The summed E-state index contributed by atoms with van der Waals surface area (Å²) in [5.41, 5.74) is 2.73. The van der Waals surface area contributed by atoms with Gasteiger partial charge in [0.2, 0.25) is 0 Å². The summed E-state index contributed by atoms with van der Waals surface area (Å²) in [5.74, 6) is 0. The van der Waals surface area contributed by atoms with Crippen LogP contribution in [0.3, 0.4) is 0 Å². The van der Waals surface area contributed by atoms with Crippen LogP contribution in [-0.2, 0) is 13.0 Å². The third-order valence-electron chi connectivity index (χ3n) is 2.39. The second-order valence-corrected chi connectivity index (χ2v) is 3.23. The van der Waals surface area contributed by atoms with E-state index in [9.17, 15) is 0 Å². The molecule has 1 aliphatic heterocycles. The third kappa shape index (κ3) is 1.36. The van der Waals surface area contributed by atoms with Crippen LogP contribution in [0, 0.1) is 0 Å². The Balaban J connectivity index is 2.23. The summed E-state index contributed by atoms with van der Waals surface area (Å²) < 4.78 is 0. The highest BCUT2D eigenvalue weighted by Gasteiger charge is 2.15. The number of hydrogen-bond acceptors (Lipinski definition) is 2. The molecular formula is C10H13NO. The molecule has 1 aromatic rings. The quantitative estimate of drug-likeness (QED) is 0.638. The van der Waals surface area contributed by atoms with Gasteiger partial charge in [-0.25, -0.2) is 0 Å². The normalized spacial score (nSPS) is 21.9. The van der Waals surface area contributed by atoms with E-state index in [1.165, 1.54) is 11.1 Å². The minimum absolute atomic E-state index is 0.230. The molecule has 0 saturated heterocycles. The number of hydrogen-bond donors (Lipinski definition) is 2. The number of nitrogens with one attached hydrogen (secondary N) is 1. The molecule has 0 saturated carbocycles. The Bertz CT molecular complexity index is 272. The molecule has 12 heavy (non-hydrogen) atoms. The van der Waals surface area contributed by atoms with Gasteiger partial charge in [0.05, 0.1) is 6.61 Å². The van der Waals surface area contributed by atoms with E-state index in [1.807, 2.05) is 0 Å². The van der Waals surface area contributed by atoms with Gasteiger partial charge >= 0.3 is 0 Å². The lowest BCUT2D eigenvalue weighted by Crippen LogP contribution is -2.38. The zero-order valence-corrected chi connectivity index (χ0v) is 6.96. The summed E-state index contributed by atoms with van der Waals surface area (Å²) in [6, 6.07) is 8.63. The predicted molar refractivity (Wildman–Crippen MR) is 47.9 cm³/mol. The summed E-state index contributed by atoms with van der Waals surface area (Å²) in [6.45, 7) is 1.12. The first-order valence-electron chi connectivity index (χ1n) is 4.31. The minimum atomic E-state index is 0.230. The molecule has 1 aliphatic rings. The third-order valence-corrected chi connectivity index (χ3v) is 2.39. The van der Waals surface area contributed by atoms with E-state index in [0.29, 0.717) is 0 Å². The Kier molecular flexibility index (Phi) is 2.11. The van der Waals surface area contributed by atoms with E-state index >= 15 is 0 Å². The highest BCUT2D eigenvalue weighted by Crippen LogP contribution is 2.15. The van der Waals surface area contributed by atoms with Gasteiger partial charge in [-0.15, -0.1) is 0 Å². The highest BCUT2D eigenvalue weighted by atomic mass is 16.3. The Labute approximate surface area is 72.2 Å². The smallest absolute Gasteiger partial charge is 0.0587 e. The molecule has 2 N–H and O–H groups in total. The summed E-state index contributed by atoms with van der Waals surface area (Å²) in [5, 5.41) is 12.2. The van der Waals surface area contributed by atoms with E-state index in [4.69, 9.17) is 5.11 Å². The Morgan fingerprint density at radius 1 is 1.33 bits per heavy atom. The molecule has 2 nitrogen and oxygen atoms in total. The maximum atomic E-state index is 8.95. The average Bonchev–Trinajstić information content (AvgIpc) is 2.17. The van der Waals surface area contributed by atoms with Crippen LogP contribution in [0.1, 0.15) is 11.1 Å². The van der Waals surface area contributed by atoms with Crippen molar-refractivity contribution in [1.82, 2.24) is 5.32 Å². The zero-order chi connectivity index (χ0) is 8.39. The Morgan fingerprint density at radius 2 is 2.08 bits per heavy atom. The van der Waals surface area contributed by atoms with Gasteiger partial charge in [0.1, 0.15) is 0 Å². The molecule has 0 spiro atoms. The lowest BCUT2D eigenvalue weighted by Gasteiger charge is -2.24. The number of rotatable bonds is 1. The summed E-state index contributed by atoms with van der Waals surface area (Å²) in [6.07, 6.45) is 0.951. The van der Waals surface area contributed by atoms with Crippen molar-refractivity contribution in [3.05, 3.63) is 35.4 Å². The second kappa shape index (κ2) is 3.25. The fourth-order valence-corrected chi connectivity index (χ4v) is 1.65. The van der Waals surface area contributed by atoms with Crippen molar-refractivity contribution in [3.63, 3.8) is 0 Å². The van der Waals surface area contributed by atoms with Crippen molar-refractivity contribution in [2.75, 3.05) is 6.61 Å². The van der Waals surface area contributed by atoms with Gasteiger partial charge < -0.3 is 10.4 Å². The van der Waals surface area contributed by atoms with Gasteiger partial charge in [0.25, 0.3) is 0 Å². The molecule has 0 fully saturated rings. The zero-order valence-electron chi connectivity index (χ0n) is 6.96. The largest absolute Gasteiger partial charge is 0.395 e. The average molecular weight is 163 g/mol. The number of benzene rings is 1. The van der Waals surface area contributed by atoms with Crippen LogP contribution in [0.25, 0.3) is 0 Å². The first-order chi connectivity index (χ1) is 5.90. The monoisotopic (exact) mass is 163 g/mol. The minimum Gasteiger partial charge on any atom is -0.395 e. The molecule has 0 aliphatic carbocycles. The van der Waals surface area contributed by atoms with Gasteiger partial charge in [-0.2, -0.15) is 0 Å². The first kappa shape index (κ1) is 7.77. The fourth-order valence-electron chi connectivity index (χ4n) is 1.65. The number of fused-ring (bicyclic) bond motifs is 1. The molecule has 1 aromatic carbocycles. The van der Waals surface area contributed by atoms with Crippen LogP contribution in [0.4, 0.5) is 0 Å². The first-order valence-corrected chi connectivity index (χ1v) is 4.31. The molecular weight excluding hydrogens is 150 g/mol. The molecule has 0 aromatic heterocycles. The van der Waals surface area contributed by atoms with E-state index in [1.54, 1.807) is 0 Å². The predicted octanol–water partition coefficient (Wildman–Crippen LogP) is 0.693. The van der Waals surface area contributed by atoms with Crippen molar-refractivity contribution >= 4 is 0 Å². The maximum absolute atomic E-state index is 8.95. The number of aliphatic hydroxyl groups is 1. The lowest BCUT2D eigenvalue weighted by molar-refractivity contribution is 0.236. The molecule has 1 heterocycles. The molecule has 0 amide bonds. The van der Waals surface area contributed by atoms with Gasteiger partial charge in [-0.05, 0) is 17.5 Å².